The number of aromatic nitrogens is 1. The summed E-state index contributed by atoms with van der Waals surface area (Å²) in [6, 6.07) is 25.6. The molecule has 158 valence electrons. The molecule has 0 unspecified atom stereocenters. The molecule has 0 N–H and O–H groups in total. The van der Waals surface area contributed by atoms with Crippen molar-refractivity contribution in [2.45, 2.75) is 13.5 Å². The van der Waals surface area contributed by atoms with Crippen LogP contribution in [-0.2, 0) is 16.1 Å². The molecule has 1 aliphatic rings. The number of esters is 1. The molecule has 1 aromatic heterocycles. The van der Waals surface area contributed by atoms with Crippen LogP contribution in [-0.4, -0.2) is 23.0 Å². The summed E-state index contributed by atoms with van der Waals surface area (Å²) in [6.07, 6.45) is 3.82. The maximum Gasteiger partial charge on any atom is 0.363 e. The van der Waals surface area contributed by atoms with Crippen LogP contribution < -0.4 is 4.74 Å². The first kappa shape index (κ1) is 19.8. The molecule has 0 aliphatic carbocycles. The predicted octanol–water partition coefficient (Wildman–Crippen LogP) is 5.37. The minimum Gasteiger partial charge on any atom is -0.492 e. The third-order valence-corrected chi connectivity index (χ3v) is 5.34. The molecular weight excluding hydrogens is 400 g/mol. The van der Waals surface area contributed by atoms with Crippen LogP contribution in [0.4, 0.5) is 0 Å². The van der Waals surface area contributed by atoms with E-state index in [1.807, 2.05) is 85.9 Å². The van der Waals surface area contributed by atoms with Crippen LogP contribution in [0.1, 0.15) is 16.7 Å². The first-order valence-corrected chi connectivity index (χ1v) is 10.5. The lowest BCUT2D eigenvalue weighted by Crippen LogP contribution is -2.07. The molecule has 4 aromatic rings. The Bertz CT molecular complexity index is 1350. The first-order valence-electron chi connectivity index (χ1n) is 10.5. The van der Waals surface area contributed by atoms with Gasteiger partial charge in [0.1, 0.15) is 12.4 Å². The summed E-state index contributed by atoms with van der Waals surface area (Å²) in [6.45, 7) is 3.21. The van der Waals surface area contributed by atoms with Crippen molar-refractivity contribution in [3.63, 3.8) is 0 Å². The van der Waals surface area contributed by atoms with Gasteiger partial charge in [-0.3, -0.25) is 0 Å². The number of para-hydroxylation sites is 2. The van der Waals surface area contributed by atoms with Gasteiger partial charge in [-0.2, -0.15) is 0 Å². The van der Waals surface area contributed by atoms with Crippen molar-refractivity contribution in [1.29, 1.82) is 0 Å². The standard InChI is InChI=1S/C27H22N2O3/c1-19-8-7-9-20(16-19)26-28-24(27(30)32-26)17-21-18-29(25-13-6-5-12-23(21)25)14-15-31-22-10-3-2-4-11-22/h2-13,16-18H,14-15H2,1H3/b24-17+. The Kier molecular flexibility index (Phi) is 5.30. The zero-order valence-corrected chi connectivity index (χ0v) is 17.7. The maximum absolute atomic E-state index is 12.5. The normalized spacial score (nSPS) is 14.6. The number of carbonyl (C=O) groups excluding carboxylic acids is 1. The van der Waals surface area contributed by atoms with Crippen LogP contribution in [0.15, 0.2) is 95.7 Å². The highest BCUT2D eigenvalue weighted by Crippen LogP contribution is 2.26. The number of hydrogen-bond acceptors (Lipinski definition) is 4. The van der Waals surface area contributed by atoms with Crippen molar-refractivity contribution in [3.8, 4) is 5.75 Å². The summed E-state index contributed by atoms with van der Waals surface area (Å²) < 4.78 is 13.4. The average Bonchev–Trinajstić information content (AvgIpc) is 3.35. The molecule has 0 amide bonds. The molecular formula is C27H22N2O3. The second kappa shape index (κ2) is 8.55. The fourth-order valence-electron chi connectivity index (χ4n) is 3.81. The zero-order valence-electron chi connectivity index (χ0n) is 17.7. The number of ether oxygens (including phenoxy) is 2. The molecule has 0 saturated carbocycles. The quantitative estimate of drug-likeness (QED) is 0.310. The van der Waals surface area contributed by atoms with Gasteiger partial charge in [0, 0.05) is 28.2 Å². The summed E-state index contributed by atoms with van der Waals surface area (Å²) in [5.74, 6) is 0.744. The van der Waals surface area contributed by atoms with E-state index in [0.717, 1.165) is 33.3 Å². The molecule has 5 heteroatoms. The number of fused-ring (bicyclic) bond motifs is 1. The number of nitrogens with zero attached hydrogens (tertiary/aromatic N) is 2. The molecule has 3 aromatic carbocycles. The van der Waals surface area contributed by atoms with E-state index in [2.05, 4.69) is 15.6 Å². The Morgan fingerprint density at radius 2 is 1.81 bits per heavy atom. The number of aliphatic imine (C=N–C) groups is 1. The third kappa shape index (κ3) is 4.05. The Labute approximate surface area is 186 Å². The molecule has 1 aliphatic heterocycles. The summed E-state index contributed by atoms with van der Waals surface area (Å²) in [7, 11) is 0. The summed E-state index contributed by atoms with van der Waals surface area (Å²) in [5.41, 5.74) is 4.17. The van der Waals surface area contributed by atoms with Crippen molar-refractivity contribution >= 4 is 28.8 Å². The maximum atomic E-state index is 12.5. The van der Waals surface area contributed by atoms with Gasteiger partial charge >= 0.3 is 5.97 Å². The number of cyclic esters (lactones) is 1. The number of aryl methyl sites for hydroxylation is 1. The molecule has 0 fully saturated rings. The van der Waals surface area contributed by atoms with Crippen molar-refractivity contribution in [2.75, 3.05) is 6.61 Å². The number of hydrogen-bond donors (Lipinski definition) is 0. The van der Waals surface area contributed by atoms with Crippen LogP contribution in [0.3, 0.4) is 0 Å². The molecule has 0 atom stereocenters. The fourth-order valence-corrected chi connectivity index (χ4v) is 3.81. The Balaban J connectivity index is 1.43. The van der Waals surface area contributed by atoms with E-state index in [0.29, 0.717) is 24.7 Å². The molecule has 2 heterocycles. The Hall–Kier alpha value is -4.12. The lowest BCUT2D eigenvalue weighted by Gasteiger charge is -2.08. The summed E-state index contributed by atoms with van der Waals surface area (Å²) >= 11 is 0. The van der Waals surface area contributed by atoms with Crippen molar-refractivity contribution in [2.24, 2.45) is 4.99 Å². The van der Waals surface area contributed by atoms with Crippen LogP contribution in [0.25, 0.3) is 17.0 Å². The lowest BCUT2D eigenvalue weighted by atomic mass is 10.1. The van der Waals surface area contributed by atoms with Crippen LogP contribution >= 0.6 is 0 Å². The SMILES string of the molecule is Cc1cccc(C2=N/C(=C/c3cn(CCOc4ccccc4)c4ccccc34)C(=O)O2)c1. The zero-order chi connectivity index (χ0) is 21.9. The molecule has 5 rings (SSSR count). The summed E-state index contributed by atoms with van der Waals surface area (Å²) in [4.78, 5) is 17.0. The van der Waals surface area contributed by atoms with Crippen molar-refractivity contribution in [1.82, 2.24) is 4.57 Å². The van der Waals surface area contributed by atoms with Gasteiger partial charge in [-0.15, -0.1) is 0 Å². The number of benzene rings is 3. The van der Waals surface area contributed by atoms with Gasteiger partial charge in [0.05, 0.1) is 6.54 Å². The van der Waals surface area contributed by atoms with Crippen LogP contribution in [0.2, 0.25) is 0 Å². The van der Waals surface area contributed by atoms with E-state index in [1.54, 1.807) is 6.08 Å². The smallest absolute Gasteiger partial charge is 0.363 e. The predicted molar refractivity (Wildman–Crippen MR) is 126 cm³/mol. The van der Waals surface area contributed by atoms with E-state index in [1.165, 1.54) is 0 Å². The van der Waals surface area contributed by atoms with Gasteiger partial charge in [-0.1, -0.05) is 54.1 Å². The fraction of sp³-hybridized carbons (Fsp3) is 0.111. The molecule has 0 saturated heterocycles. The van der Waals surface area contributed by atoms with Crippen molar-refractivity contribution < 1.29 is 14.3 Å². The van der Waals surface area contributed by atoms with E-state index in [9.17, 15) is 4.79 Å². The van der Waals surface area contributed by atoms with E-state index >= 15 is 0 Å². The minimum absolute atomic E-state index is 0.296. The first-order chi connectivity index (χ1) is 15.7. The minimum atomic E-state index is -0.439. The van der Waals surface area contributed by atoms with Gasteiger partial charge in [-0.25, -0.2) is 9.79 Å². The highest BCUT2D eigenvalue weighted by molar-refractivity contribution is 6.13. The average molecular weight is 422 g/mol. The van der Waals surface area contributed by atoms with Crippen molar-refractivity contribution in [3.05, 3.63) is 107 Å². The van der Waals surface area contributed by atoms with Gasteiger partial charge in [0.25, 0.3) is 0 Å². The van der Waals surface area contributed by atoms with Crippen LogP contribution in [0.5, 0.6) is 5.75 Å². The van der Waals surface area contributed by atoms with Gasteiger partial charge in [0.2, 0.25) is 5.90 Å². The summed E-state index contributed by atoms with van der Waals surface area (Å²) in [5, 5.41) is 1.05. The van der Waals surface area contributed by atoms with E-state index in [4.69, 9.17) is 9.47 Å². The number of carbonyl (C=O) groups is 1. The molecule has 0 spiro atoms. The van der Waals surface area contributed by atoms with Gasteiger partial charge in [-0.05, 0) is 43.3 Å². The lowest BCUT2D eigenvalue weighted by molar-refractivity contribution is -0.129. The highest BCUT2D eigenvalue weighted by atomic mass is 16.6. The van der Waals surface area contributed by atoms with Gasteiger partial charge < -0.3 is 14.0 Å². The second-order valence-corrected chi connectivity index (χ2v) is 7.66. The number of rotatable bonds is 6. The molecule has 32 heavy (non-hydrogen) atoms. The Morgan fingerprint density at radius 3 is 2.66 bits per heavy atom. The molecule has 5 nitrogen and oxygen atoms in total. The molecule has 0 bridgehead atoms. The largest absolute Gasteiger partial charge is 0.492 e. The monoisotopic (exact) mass is 422 g/mol. The Morgan fingerprint density at radius 1 is 1.00 bits per heavy atom. The van der Waals surface area contributed by atoms with Crippen LogP contribution in [0, 0.1) is 6.92 Å². The molecule has 0 radical (unpaired) electrons. The van der Waals surface area contributed by atoms with Gasteiger partial charge in [0.15, 0.2) is 5.70 Å². The van der Waals surface area contributed by atoms with E-state index < -0.39 is 5.97 Å². The van der Waals surface area contributed by atoms with E-state index in [-0.39, 0.29) is 0 Å². The topological polar surface area (TPSA) is 52.8 Å². The second-order valence-electron chi connectivity index (χ2n) is 7.66. The third-order valence-electron chi connectivity index (χ3n) is 5.34. The highest BCUT2D eigenvalue weighted by Gasteiger charge is 2.24.